The molecule has 0 saturated heterocycles. The molecule has 0 saturated carbocycles. The van der Waals surface area contributed by atoms with Crippen molar-refractivity contribution >= 4 is 16.9 Å². The van der Waals surface area contributed by atoms with E-state index in [0.717, 1.165) is 22.2 Å². The van der Waals surface area contributed by atoms with Crippen LogP contribution in [0.1, 0.15) is 40.3 Å². The summed E-state index contributed by atoms with van der Waals surface area (Å²) in [4.78, 5) is 4.65. The highest BCUT2D eigenvalue weighted by molar-refractivity contribution is 6.00. The molecule has 25 heavy (non-hydrogen) atoms. The van der Waals surface area contributed by atoms with E-state index < -0.39 is 0 Å². The maximum absolute atomic E-state index is 10.1. The average Bonchev–Trinajstić information content (AvgIpc) is 2.86. The van der Waals surface area contributed by atoms with E-state index in [1.165, 1.54) is 0 Å². The smallest absolute Gasteiger partial charge is 0.158 e. The third kappa shape index (κ3) is 3.38. The summed E-state index contributed by atoms with van der Waals surface area (Å²) in [5, 5.41) is 17.9. The molecule has 2 heterocycles. The topological polar surface area (TPSA) is 97.0 Å². The molecule has 0 bridgehead atoms. The monoisotopic (exact) mass is 340 g/mol. The van der Waals surface area contributed by atoms with Gasteiger partial charge in [-0.2, -0.15) is 5.10 Å². The van der Waals surface area contributed by atoms with E-state index in [0.29, 0.717) is 17.2 Å². The summed E-state index contributed by atoms with van der Waals surface area (Å²) in [5.74, 6) is 1.12. The molecular formula is C19H24N4O2. The molecule has 0 amide bonds. The second kappa shape index (κ2) is 5.95. The summed E-state index contributed by atoms with van der Waals surface area (Å²) < 4.78 is 5.75. The Morgan fingerprint density at radius 1 is 1.16 bits per heavy atom. The number of fused-ring (bicyclic) bond motifs is 1. The van der Waals surface area contributed by atoms with Crippen LogP contribution in [-0.2, 0) is 5.41 Å². The van der Waals surface area contributed by atoms with Gasteiger partial charge in [0.1, 0.15) is 11.5 Å². The molecule has 0 spiro atoms. The summed E-state index contributed by atoms with van der Waals surface area (Å²) in [6, 6.07) is 7.20. The van der Waals surface area contributed by atoms with Crippen molar-refractivity contribution < 1.29 is 9.84 Å². The molecule has 1 aromatic carbocycles. The standard InChI is InChI=1S/C19H24N4O2/c1-10(2)25-13-7-11(6-12(24)8-13)14-9-15(19(3,4)5)21-18-16(14)17(20)22-23-18/h6-10,24H,1-5H3,(H3,20,21,22,23). The number of hydrogen-bond acceptors (Lipinski definition) is 5. The molecule has 0 aliphatic carbocycles. The number of aromatic hydroxyl groups is 1. The number of aromatic amines is 1. The molecule has 3 aromatic rings. The Bertz CT molecular complexity index is 923. The van der Waals surface area contributed by atoms with Gasteiger partial charge >= 0.3 is 0 Å². The molecule has 6 nitrogen and oxygen atoms in total. The first kappa shape index (κ1) is 17.1. The maximum atomic E-state index is 10.1. The van der Waals surface area contributed by atoms with Gasteiger partial charge in [-0.15, -0.1) is 0 Å². The predicted octanol–water partition coefficient (Wildman–Crippen LogP) is 4.00. The number of aromatic nitrogens is 3. The van der Waals surface area contributed by atoms with E-state index in [-0.39, 0.29) is 17.3 Å². The minimum atomic E-state index is -0.142. The normalized spacial score (nSPS) is 12.1. The number of H-pyrrole nitrogens is 1. The van der Waals surface area contributed by atoms with Gasteiger partial charge < -0.3 is 15.6 Å². The number of phenolic OH excluding ortho intramolecular Hbond substituents is 1. The molecule has 0 aliphatic rings. The third-order valence-electron chi connectivity index (χ3n) is 3.90. The quantitative estimate of drug-likeness (QED) is 0.669. The number of anilines is 1. The minimum Gasteiger partial charge on any atom is -0.508 e. The number of phenols is 1. The van der Waals surface area contributed by atoms with Crippen molar-refractivity contribution in [1.29, 1.82) is 0 Å². The molecule has 0 fully saturated rings. The first-order chi connectivity index (χ1) is 11.6. The zero-order chi connectivity index (χ0) is 18.4. The number of pyridine rings is 1. The van der Waals surface area contributed by atoms with Gasteiger partial charge in [0, 0.05) is 17.2 Å². The van der Waals surface area contributed by atoms with Crippen molar-refractivity contribution in [2.24, 2.45) is 0 Å². The fourth-order valence-electron chi connectivity index (χ4n) is 2.75. The van der Waals surface area contributed by atoms with Crippen molar-refractivity contribution in [2.45, 2.75) is 46.1 Å². The van der Waals surface area contributed by atoms with Gasteiger partial charge in [-0.25, -0.2) is 4.98 Å². The lowest BCUT2D eigenvalue weighted by Crippen LogP contribution is -2.13. The predicted molar refractivity (Wildman–Crippen MR) is 99.9 cm³/mol. The number of benzene rings is 1. The van der Waals surface area contributed by atoms with Crippen LogP contribution in [0.5, 0.6) is 11.5 Å². The summed E-state index contributed by atoms with van der Waals surface area (Å²) in [6.07, 6.45) is 0.0104. The number of nitrogens with two attached hydrogens (primary N) is 1. The van der Waals surface area contributed by atoms with Crippen molar-refractivity contribution in [2.75, 3.05) is 5.73 Å². The average molecular weight is 340 g/mol. The van der Waals surface area contributed by atoms with Crippen LogP contribution in [0.4, 0.5) is 5.82 Å². The molecule has 2 aromatic heterocycles. The summed E-state index contributed by atoms with van der Waals surface area (Å²) >= 11 is 0. The Morgan fingerprint density at radius 2 is 1.88 bits per heavy atom. The van der Waals surface area contributed by atoms with Gasteiger partial charge in [0.05, 0.1) is 11.5 Å². The Labute approximate surface area is 147 Å². The highest BCUT2D eigenvalue weighted by Crippen LogP contribution is 2.37. The first-order valence-corrected chi connectivity index (χ1v) is 8.31. The summed E-state index contributed by atoms with van der Waals surface area (Å²) in [5.41, 5.74) is 9.13. The van der Waals surface area contributed by atoms with Gasteiger partial charge in [-0.3, -0.25) is 5.10 Å². The largest absolute Gasteiger partial charge is 0.508 e. The lowest BCUT2D eigenvalue weighted by Gasteiger charge is -2.19. The Hall–Kier alpha value is -2.76. The molecular weight excluding hydrogens is 316 g/mol. The molecule has 132 valence electrons. The molecule has 3 rings (SSSR count). The fraction of sp³-hybridized carbons (Fsp3) is 0.368. The number of nitrogen functional groups attached to an aromatic ring is 1. The van der Waals surface area contributed by atoms with Crippen LogP contribution in [0.15, 0.2) is 24.3 Å². The first-order valence-electron chi connectivity index (χ1n) is 8.31. The number of ether oxygens (including phenoxy) is 1. The number of nitrogens with one attached hydrogen (secondary N) is 1. The van der Waals surface area contributed by atoms with Crippen molar-refractivity contribution in [3.8, 4) is 22.6 Å². The SMILES string of the molecule is CC(C)Oc1cc(O)cc(-c2cc(C(C)(C)C)nc3[nH]nc(N)c23)c1. The van der Waals surface area contributed by atoms with Crippen LogP contribution < -0.4 is 10.5 Å². The third-order valence-corrected chi connectivity index (χ3v) is 3.90. The molecule has 4 N–H and O–H groups in total. The van der Waals surface area contributed by atoms with E-state index in [9.17, 15) is 5.11 Å². The lowest BCUT2D eigenvalue weighted by atomic mass is 9.89. The molecule has 0 aliphatic heterocycles. The van der Waals surface area contributed by atoms with Crippen LogP contribution in [0, 0.1) is 0 Å². The highest BCUT2D eigenvalue weighted by Gasteiger charge is 2.21. The van der Waals surface area contributed by atoms with Crippen molar-refractivity contribution in [3.63, 3.8) is 0 Å². The molecule has 0 radical (unpaired) electrons. The second-order valence-electron chi connectivity index (χ2n) is 7.52. The fourth-order valence-corrected chi connectivity index (χ4v) is 2.75. The van der Waals surface area contributed by atoms with E-state index in [1.54, 1.807) is 12.1 Å². The van der Waals surface area contributed by atoms with Gasteiger partial charge in [-0.1, -0.05) is 20.8 Å². The highest BCUT2D eigenvalue weighted by atomic mass is 16.5. The Morgan fingerprint density at radius 3 is 2.52 bits per heavy atom. The van der Waals surface area contributed by atoms with E-state index in [1.807, 2.05) is 26.0 Å². The van der Waals surface area contributed by atoms with Gasteiger partial charge in [0.25, 0.3) is 0 Å². The number of rotatable bonds is 3. The summed E-state index contributed by atoms with van der Waals surface area (Å²) in [7, 11) is 0. The molecule has 6 heteroatoms. The number of nitrogens with zero attached hydrogens (tertiary/aromatic N) is 2. The van der Waals surface area contributed by atoms with Crippen LogP contribution >= 0.6 is 0 Å². The minimum absolute atomic E-state index is 0.0104. The van der Waals surface area contributed by atoms with Gasteiger partial charge in [0.15, 0.2) is 11.5 Å². The van der Waals surface area contributed by atoms with Gasteiger partial charge in [0.2, 0.25) is 0 Å². The van der Waals surface area contributed by atoms with Crippen molar-refractivity contribution in [3.05, 3.63) is 30.0 Å². The van der Waals surface area contributed by atoms with Crippen LogP contribution in [0.3, 0.4) is 0 Å². The van der Waals surface area contributed by atoms with Crippen LogP contribution in [0.25, 0.3) is 22.2 Å². The second-order valence-corrected chi connectivity index (χ2v) is 7.52. The van der Waals surface area contributed by atoms with E-state index in [4.69, 9.17) is 10.5 Å². The zero-order valence-corrected chi connectivity index (χ0v) is 15.2. The van der Waals surface area contributed by atoms with Crippen LogP contribution in [0.2, 0.25) is 0 Å². The Kier molecular flexibility index (Phi) is 4.06. The van der Waals surface area contributed by atoms with Gasteiger partial charge in [-0.05, 0) is 43.2 Å². The molecule has 0 atom stereocenters. The van der Waals surface area contributed by atoms with Crippen LogP contribution in [-0.4, -0.2) is 26.4 Å². The summed E-state index contributed by atoms with van der Waals surface area (Å²) in [6.45, 7) is 10.2. The zero-order valence-electron chi connectivity index (χ0n) is 15.2. The maximum Gasteiger partial charge on any atom is 0.158 e. The number of hydrogen-bond donors (Lipinski definition) is 3. The molecule has 0 unspecified atom stereocenters. The lowest BCUT2D eigenvalue weighted by molar-refractivity contribution is 0.241. The Balaban J connectivity index is 2.27. The van der Waals surface area contributed by atoms with E-state index >= 15 is 0 Å². The van der Waals surface area contributed by atoms with E-state index in [2.05, 4.69) is 36.0 Å². The van der Waals surface area contributed by atoms with Crippen molar-refractivity contribution in [1.82, 2.24) is 15.2 Å².